The van der Waals surface area contributed by atoms with Gasteiger partial charge < -0.3 is 16.0 Å². The van der Waals surface area contributed by atoms with Gasteiger partial charge in [0.15, 0.2) is 5.43 Å². The van der Waals surface area contributed by atoms with Crippen LogP contribution in [-0.2, 0) is 0 Å². The van der Waals surface area contributed by atoms with Gasteiger partial charge in [-0.1, -0.05) is 6.92 Å². The molecule has 1 aromatic heterocycles. The molecule has 0 aliphatic heterocycles. The monoisotopic (exact) mass is 237 g/mol. The minimum Gasteiger partial charge on any atom is -0.367 e. The molecular weight excluding hydrogens is 218 g/mol. The molecule has 0 fully saturated rings. The van der Waals surface area contributed by atoms with Gasteiger partial charge in [0.05, 0.1) is 0 Å². The second kappa shape index (κ2) is 5.63. The number of H-pyrrole nitrogens is 1. The molecule has 1 atom stereocenters. The zero-order valence-electron chi connectivity index (χ0n) is 10.2. The summed E-state index contributed by atoms with van der Waals surface area (Å²) < 4.78 is 0. The summed E-state index contributed by atoms with van der Waals surface area (Å²) >= 11 is 0. The predicted octanol–water partition coefficient (Wildman–Crippen LogP) is 0.622. The van der Waals surface area contributed by atoms with Crippen LogP contribution in [0.1, 0.15) is 37.0 Å². The highest BCUT2D eigenvalue weighted by molar-refractivity contribution is 5.94. The topological polar surface area (TPSA) is 88.0 Å². The number of rotatable bonds is 5. The van der Waals surface area contributed by atoms with Gasteiger partial charge in [-0.3, -0.25) is 9.59 Å². The SMILES string of the molecule is CCC(C)(CCN)NC(=O)c1c[nH]ccc1=O. The molecule has 1 heterocycles. The third kappa shape index (κ3) is 3.42. The first kappa shape index (κ1) is 13.4. The second-order valence-electron chi connectivity index (χ2n) is 4.33. The van der Waals surface area contributed by atoms with Gasteiger partial charge in [0, 0.05) is 24.0 Å². The van der Waals surface area contributed by atoms with E-state index in [0.29, 0.717) is 13.0 Å². The molecule has 5 nitrogen and oxygen atoms in total. The number of pyridine rings is 1. The number of amides is 1. The molecule has 0 saturated heterocycles. The van der Waals surface area contributed by atoms with Gasteiger partial charge >= 0.3 is 0 Å². The van der Waals surface area contributed by atoms with Gasteiger partial charge in [0.25, 0.3) is 5.91 Å². The Kier molecular flexibility index (Phi) is 4.45. The zero-order valence-corrected chi connectivity index (χ0v) is 10.2. The Morgan fingerprint density at radius 1 is 1.59 bits per heavy atom. The van der Waals surface area contributed by atoms with Crippen LogP contribution in [0, 0.1) is 0 Å². The lowest BCUT2D eigenvalue weighted by Crippen LogP contribution is -2.47. The van der Waals surface area contributed by atoms with E-state index in [1.807, 2.05) is 13.8 Å². The van der Waals surface area contributed by atoms with Crippen LogP contribution < -0.4 is 16.5 Å². The molecule has 0 aliphatic rings. The van der Waals surface area contributed by atoms with E-state index in [1.165, 1.54) is 18.5 Å². The van der Waals surface area contributed by atoms with Crippen LogP contribution in [0.4, 0.5) is 0 Å². The highest BCUT2D eigenvalue weighted by Gasteiger charge is 2.24. The van der Waals surface area contributed by atoms with Crippen molar-refractivity contribution in [2.75, 3.05) is 6.54 Å². The van der Waals surface area contributed by atoms with Crippen LogP contribution in [0.2, 0.25) is 0 Å². The van der Waals surface area contributed by atoms with Crippen LogP contribution in [0.15, 0.2) is 23.3 Å². The van der Waals surface area contributed by atoms with Gasteiger partial charge in [-0.15, -0.1) is 0 Å². The summed E-state index contributed by atoms with van der Waals surface area (Å²) in [5.74, 6) is -0.357. The summed E-state index contributed by atoms with van der Waals surface area (Å²) in [5.41, 5.74) is 4.99. The first-order valence-corrected chi connectivity index (χ1v) is 5.72. The van der Waals surface area contributed by atoms with Gasteiger partial charge in [-0.2, -0.15) is 0 Å². The molecular formula is C12H19N3O2. The normalized spacial score (nSPS) is 14.1. The maximum absolute atomic E-state index is 11.9. The molecule has 1 unspecified atom stereocenters. The quantitative estimate of drug-likeness (QED) is 0.701. The van der Waals surface area contributed by atoms with E-state index in [0.717, 1.165) is 6.42 Å². The van der Waals surface area contributed by atoms with Crippen molar-refractivity contribution in [3.63, 3.8) is 0 Å². The van der Waals surface area contributed by atoms with Crippen molar-refractivity contribution in [2.24, 2.45) is 5.73 Å². The van der Waals surface area contributed by atoms with Crippen molar-refractivity contribution in [1.29, 1.82) is 0 Å². The van der Waals surface area contributed by atoms with Crippen molar-refractivity contribution in [1.82, 2.24) is 10.3 Å². The molecule has 0 aromatic carbocycles. The Bertz CT molecular complexity index is 441. The number of hydrogen-bond acceptors (Lipinski definition) is 3. The number of nitrogens with one attached hydrogen (secondary N) is 2. The van der Waals surface area contributed by atoms with Gasteiger partial charge in [-0.05, 0) is 26.3 Å². The van der Waals surface area contributed by atoms with Crippen LogP contribution in [-0.4, -0.2) is 23.0 Å². The molecule has 1 amide bonds. The lowest BCUT2D eigenvalue weighted by atomic mass is 9.94. The van der Waals surface area contributed by atoms with Crippen molar-refractivity contribution < 1.29 is 4.79 Å². The van der Waals surface area contributed by atoms with Crippen molar-refractivity contribution >= 4 is 5.91 Å². The first-order chi connectivity index (χ1) is 8.02. The lowest BCUT2D eigenvalue weighted by Gasteiger charge is -2.29. The smallest absolute Gasteiger partial charge is 0.257 e. The van der Waals surface area contributed by atoms with E-state index >= 15 is 0 Å². The summed E-state index contributed by atoms with van der Waals surface area (Å²) in [6, 6.07) is 1.33. The molecule has 0 radical (unpaired) electrons. The summed E-state index contributed by atoms with van der Waals surface area (Å²) in [6.45, 7) is 4.40. The largest absolute Gasteiger partial charge is 0.367 e. The average molecular weight is 237 g/mol. The van der Waals surface area contributed by atoms with Crippen molar-refractivity contribution in [3.05, 3.63) is 34.2 Å². The van der Waals surface area contributed by atoms with Gasteiger partial charge in [0.1, 0.15) is 5.56 Å². The average Bonchev–Trinajstić information content (AvgIpc) is 2.29. The number of carbonyl (C=O) groups excluding carboxylic acids is 1. The fourth-order valence-corrected chi connectivity index (χ4v) is 1.58. The molecule has 94 valence electrons. The van der Waals surface area contributed by atoms with Crippen molar-refractivity contribution in [3.8, 4) is 0 Å². The van der Waals surface area contributed by atoms with Crippen molar-refractivity contribution in [2.45, 2.75) is 32.2 Å². The number of carbonyl (C=O) groups is 1. The number of hydrogen-bond donors (Lipinski definition) is 3. The van der Waals surface area contributed by atoms with E-state index in [9.17, 15) is 9.59 Å². The molecule has 0 aliphatic carbocycles. The summed E-state index contributed by atoms with van der Waals surface area (Å²) in [6.07, 6.45) is 4.36. The lowest BCUT2D eigenvalue weighted by molar-refractivity contribution is 0.0898. The minimum atomic E-state index is -0.367. The molecule has 0 spiro atoms. The molecule has 0 bridgehead atoms. The Labute approximate surface area is 100 Å². The first-order valence-electron chi connectivity index (χ1n) is 5.72. The van der Waals surface area contributed by atoms with E-state index in [2.05, 4.69) is 10.3 Å². The molecule has 1 rings (SSSR count). The van der Waals surface area contributed by atoms with E-state index in [1.54, 1.807) is 0 Å². The maximum Gasteiger partial charge on any atom is 0.257 e. The third-order valence-corrected chi connectivity index (χ3v) is 2.96. The van der Waals surface area contributed by atoms with Crippen LogP contribution in [0.5, 0.6) is 0 Å². The summed E-state index contributed by atoms with van der Waals surface area (Å²) in [4.78, 5) is 26.2. The second-order valence-corrected chi connectivity index (χ2v) is 4.33. The molecule has 4 N–H and O–H groups in total. The summed E-state index contributed by atoms with van der Waals surface area (Å²) in [5, 5.41) is 2.86. The fraction of sp³-hybridized carbons (Fsp3) is 0.500. The van der Waals surface area contributed by atoms with Crippen LogP contribution in [0.3, 0.4) is 0 Å². The molecule has 1 aromatic rings. The number of aromatic amines is 1. The van der Waals surface area contributed by atoms with Crippen LogP contribution >= 0.6 is 0 Å². The third-order valence-electron chi connectivity index (χ3n) is 2.96. The number of nitrogens with two attached hydrogens (primary N) is 1. The zero-order chi connectivity index (χ0) is 12.9. The molecule has 0 saturated carbocycles. The van der Waals surface area contributed by atoms with Gasteiger partial charge in [0.2, 0.25) is 0 Å². The van der Waals surface area contributed by atoms with Crippen LogP contribution in [0.25, 0.3) is 0 Å². The highest BCUT2D eigenvalue weighted by Crippen LogP contribution is 2.13. The van der Waals surface area contributed by atoms with Gasteiger partial charge in [-0.25, -0.2) is 0 Å². The van der Waals surface area contributed by atoms with E-state index in [4.69, 9.17) is 5.73 Å². The summed E-state index contributed by atoms with van der Waals surface area (Å²) in [7, 11) is 0. The molecule has 5 heteroatoms. The highest BCUT2D eigenvalue weighted by atomic mass is 16.2. The minimum absolute atomic E-state index is 0.129. The Hall–Kier alpha value is -1.62. The van der Waals surface area contributed by atoms with E-state index in [-0.39, 0.29) is 22.4 Å². The Morgan fingerprint density at radius 3 is 2.82 bits per heavy atom. The maximum atomic E-state index is 11.9. The Morgan fingerprint density at radius 2 is 2.29 bits per heavy atom. The van der Waals surface area contributed by atoms with E-state index < -0.39 is 0 Å². The Balaban J connectivity index is 2.85. The molecule has 17 heavy (non-hydrogen) atoms. The predicted molar refractivity (Wildman–Crippen MR) is 66.9 cm³/mol. The fourth-order valence-electron chi connectivity index (χ4n) is 1.58. The number of aromatic nitrogens is 1. The standard InChI is InChI=1S/C12H19N3O2/c1-3-12(2,5-6-13)15-11(17)9-8-14-7-4-10(9)16/h4,7-8H,3,5-6,13H2,1-2H3,(H,14,16)(H,15,17).